The van der Waals surface area contributed by atoms with Crippen LogP contribution >= 0.6 is 0 Å². The molecule has 1 saturated heterocycles. The van der Waals surface area contributed by atoms with Crippen molar-refractivity contribution < 1.29 is 4.79 Å². The molecule has 1 amide bonds. The summed E-state index contributed by atoms with van der Waals surface area (Å²) < 4.78 is 1.96. The first-order valence-electron chi connectivity index (χ1n) is 10.9. The quantitative estimate of drug-likeness (QED) is 0.669. The van der Waals surface area contributed by atoms with E-state index in [1.807, 2.05) is 28.6 Å². The van der Waals surface area contributed by atoms with Crippen molar-refractivity contribution in [3.8, 4) is 5.69 Å². The molecule has 0 N–H and O–H groups in total. The van der Waals surface area contributed by atoms with Crippen molar-refractivity contribution >= 4 is 22.8 Å². The van der Waals surface area contributed by atoms with Gasteiger partial charge in [-0.3, -0.25) is 4.79 Å². The summed E-state index contributed by atoms with van der Waals surface area (Å²) in [5, 5.41) is 5.86. The SMILES string of the molecule is CCc1nc(N2CCN(C(=O)C3CC3)CC2)c2c(C)nn(-c3ccccc3C)c2n1. The topological polar surface area (TPSA) is 67.2 Å². The van der Waals surface area contributed by atoms with E-state index < -0.39 is 0 Å². The number of para-hydroxylation sites is 1. The molecule has 0 unspecified atom stereocenters. The molecular formula is C23H28N6O. The molecule has 7 nitrogen and oxygen atoms in total. The van der Waals surface area contributed by atoms with E-state index in [-0.39, 0.29) is 5.92 Å². The van der Waals surface area contributed by atoms with E-state index in [4.69, 9.17) is 15.1 Å². The first kappa shape index (κ1) is 19.0. The summed E-state index contributed by atoms with van der Waals surface area (Å²) in [6.45, 7) is 9.31. The van der Waals surface area contributed by atoms with Gasteiger partial charge in [-0.15, -0.1) is 0 Å². The van der Waals surface area contributed by atoms with Gasteiger partial charge in [-0.1, -0.05) is 25.1 Å². The van der Waals surface area contributed by atoms with Crippen molar-refractivity contribution in [3.05, 3.63) is 41.3 Å². The van der Waals surface area contributed by atoms with Crippen LogP contribution in [0.2, 0.25) is 0 Å². The molecule has 0 radical (unpaired) electrons. The second-order valence-electron chi connectivity index (χ2n) is 8.39. The number of amides is 1. The lowest BCUT2D eigenvalue weighted by atomic mass is 10.2. The van der Waals surface area contributed by atoms with Crippen LogP contribution in [0.15, 0.2) is 24.3 Å². The maximum Gasteiger partial charge on any atom is 0.225 e. The van der Waals surface area contributed by atoms with Gasteiger partial charge in [-0.05, 0) is 38.3 Å². The van der Waals surface area contributed by atoms with Crippen molar-refractivity contribution in [1.29, 1.82) is 0 Å². The van der Waals surface area contributed by atoms with Crippen LogP contribution in [0.1, 0.15) is 36.8 Å². The second-order valence-corrected chi connectivity index (χ2v) is 8.39. The number of anilines is 1. The van der Waals surface area contributed by atoms with Crippen LogP contribution in [0, 0.1) is 19.8 Å². The standard InChI is InChI=1S/C23H28N6O/c1-4-19-24-21(27-11-13-28(14-12-27)23(30)17-9-10-17)20-16(3)26-29(22(20)25-19)18-8-6-5-7-15(18)2/h5-8,17H,4,9-14H2,1-3H3. The van der Waals surface area contributed by atoms with Gasteiger partial charge in [-0.2, -0.15) is 5.10 Å². The predicted octanol–water partition coefficient (Wildman–Crippen LogP) is 3.05. The third-order valence-corrected chi connectivity index (χ3v) is 6.21. The highest BCUT2D eigenvalue weighted by atomic mass is 16.2. The van der Waals surface area contributed by atoms with Crippen LogP contribution in [0.4, 0.5) is 5.82 Å². The summed E-state index contributed by atoms with van der Waals surface area (Å²) in [5.74, 6) is 2.39. The van der Waals surface area contributed by atoms with Crippen molar-refractivity contribution in [3.63, 3.8) is 0 Å². The number of carbonyl (C=O) groups is 1. The summed E-state index contributed by atoms with van der Waals surface area (Å²) in [7, 11) is 0. The van der Waals surface area contributed by atoms with Crippen LogP contribution in [-0.2, 0) is 11.2 Å². The number of aryl methyl sites for hydroxylation is 3. The van der Waals surface area contributed by atoms with Crippen molar-refractivity contribution in [2.75, 3.05) is 31.1 Å². The molecule has 3 aromatic rings. The van der Waals surface area contributed by atoms with Gasteiger partial charge in [-0.25, -0.2) is 14.6 Å². The number of hydrogen-bond acceptors (Lipinski definition) is 5. The minimum atomic E-state index is 0.281. The molecule has 2 aromatic heterocycles. The van der Waals surface area contributed by atoms with Gasteiger partial charge in [0.15, 0.2) is 5.65 Å². The number of benzene rings is 1. The number of rotatable bonds is 4. The molecular weight excluding hydrogens is 376 g/mol. The Morgan fingerprint density at radius 1 is 1.07 bits per heavy atom. The lowest BCUT2D eigenvalue weighted by Crippen LogP contribution is -2.49. The predicted molar refractivity (Wildman–Crippen MR) is 117 cm³/mol. The van der Waals surface area contributed by atoms with Gasteiger partial charge in [0, 0.05) is 38.5 Å². The van der Waals surface area contributed by atoms with Crippen LogP contribution < -0.4 is 4.90 Å². The van der Waals surface area contributed by atoms with Crippen molar-refractivity contribution in [2.24, 2.45) is 5.92 Å². The molecule has 0 spiro atoms. The summed E-state index contributed by atoms with van der Waals surface area (Å²) in [6.07, 6.45) is 2.88. The third-order valence-electron chi connectivity index (χ3n) is 6.21. The summed E-state index contributed by atoms with van der Waals surface area (Å²) in [6, 6.07) is 8.25. The van der Waals surface area contributed by atoms with Gasteiger partial charge >= 0.3 is 0 Å². The van der Waals surface area contributed by atoms with Crippen molar-refractivity contribution in [1.82, 2.24) is 24.6 Å². The molecule has 1 aliphatic heterocycles. The molecule has 1 aliphatic carbocycles. The van der Waals surface area contributed by atoms with Gasteiger partial charge in [0.25, 0.3) is 0 Å². The van der Waals surface area contributed by atoms with Gasteiger partial charge in [0.05, 0.1) is 16.8 Å². The molecule has 2 fully saturated rings. The van der Waals surface area contributed by atoms with E-state index in [0.29, 0.717) is 5.91 Å². The molecule has 7 heteroatoms. The molecule has 2 aliphatic rings. The Bertz CT molecular complexity index is 1110. The molecule has 0 bridgehead atoms. The fourth-order valence-corrected chi connectivity index (χ4v) is 4.29. The Morgan fingerprint density at radius 2 is 1.80 bits per heavy atom. The highest BCUT2D eigenvalue weighted by Gasteiger charge is 2.35. The maximum absolute atomic E-state index is 12.4. The fourth-order valence-electron chi connectivity index (χ4n) is 4.29. The average molecular weight is 405 g/mol. The minimum Gasteiger partial charge on any atom is -0.352 e. The zero-order valence-electron chi connectivity index (χ0n) is 17.9. The zero-order chi connectivity index (χ0) is 20.8. The molecule has 3 heterocycles. The molecule has 156 valence electrons. The smallest absolute Gasteiger partial charge is 0.225 e. The normalized spacial score (nSPS) is 17.0. The van der Waals surface area contributed by atoms with Gasteiger partial charge in [0.2, 0.25) is 5.91 Å². The van der Waals surface area contributed by atoms with Gasteiger partial charge in [0.1, 0.15) is 11.6 Å². The lowest BCUT2D eigenvalue weighted by molar-refractivity contribution is -0.132. The largest absolute Gasteiger partial charge is 0.352 e. The van der Waals surface area contributed by atoms with E-state index >= 15 is 0 Å². The highest BCUT2D eigenvalue weighted by Crippen LogP contribution is 2.33. The van der Waals surface area contributed by atoms with Crippen LogP contribution in [0.3, 0.4) is 0 Å². The van der Waals surface area contributed by atoms with Crippen LogP contribution in [0.5, 0.6) is 0 Å². The van der Waals surface area contributed by atoms with E-state index in [9.17, 15) is 4.79 Å². The number of fused-ring (bicyclic) bond motifs is 1. The van der Waals surface area contributed by atoms with E-state index in [2.05, 4.69) is 30.9 Å². The summed E-state index contributed by atoms with van der Waals surface area (Å²) in [5.41, 5.74) is 4.00. The Hall–Kier alpha value is -2.96. The monoisotopic (exact) mass is 404 g/mol. The third kappa shape index (κ3) is 3.22. The highest BCUT2D eigenvalue weighted by molar-refractivity contribution is 5.91. The number of aromatic nitrogens is 4. The van der Waals surface area contributed by atoms with Crippen LogP contribution in [-0.4, -0.2) is 56.7 Å². The Morgan fingerprint density at radius 3 is 2.47 bits per heavy atom. The van der Waals surface area contributed by atoms with E-state index in [1.54, 1.807) is 0 Å². The molecule has 30 heavy (non-hydrogen) atoms. The molecule has 0 atom stereocenters. The Labute approximate surface area is 176 Å². The fraction of sp³-hybridized carbons (Fsp3) is 0.478. The summed E-state index contributed by atoms with van der Waals surface area (Å²) >= 11 is 0. The molecule has 1 saturated carbocycles. The van der Waals surface area contributed by atoms with Crippen molar-refractivity contribution in [2.45, 2.75) is 40.0 Å². The average Bonchev–Trinajstić information content (AvgIpc) is 3.57. The minimum absolute atomic E-state index is 0.281. The van der Waals surface area contributed by atoms with E-state index in [0.717, 1.165) is 85.1 Å². The number of nitrogens with zero attached hydrogens (tertiary/aromatic N) is 6. The first-order valence-corrected chi connectivity index (χ1v) is 10.9. The second kappa shape index (κ2) is 7.38. The Kier molecular flexibility index (Phi) is 4.68. The maximum atomic E-state index is 12.4. The lowest BCUT2D eigenvalue weighted by Gasteiger charge is -2.36. The van der Waals surface area contributed by atoms with E-state index in [1.165, 1.54) is 0 Å². The Balaban J connectivity index is 1.54. The molecule has 1 aromatic carbocycles. The van der Waals surface area contributed by atoms with Gasteiger partial charge < -0.3 is 9.80 Å². The number of carbonyl (C=O) groups excluding carboxylic acids is 1. The first-order chi connectivity index (χ1) is 14.6. The number of piperazine rings is 1. The molecule has 5 rings (SSSR count). The zero-order valence-corrected chi connectivity index (χ0v) is 17.9. The summed E-state index contributed by atoms with van der Waals surface area (Å²) in [4.78, 5) is 26.5. The number of hydrogen-bond donors (Lipinski definition) is 0. The van der Waals surface area contributed by atoms with Crippen LogP contribution in [0.25, 0.3) is 16.7 Å².